The zero-order chi connectivity index (χ0) is 9.84. The summed E-state index contributed by atoms with van der Waals surface area (Å²) >= 11 is 0. The molecule has 1 unspecified atom stereocenters. The van der Waals surface area contributed by atoms with Crippen molar-refractivity contribution in [2.75, 3.05) is 0 Å². The van der Waals surface area contributed by atoms with Crippen LogP contribution in [0.1, 0.15) is 36.9 Å². The molecular weight excluding hydrogens is 167 g/mol. The zero-order valence-corrected chi connectivity index (χ0v) is 8.05. The molecule has 1 aromatic rings. The molecule has 0 amide bonds. The van der Waals surface area contributed by atoms with E-state index in [2.05, 4.69) is 11.9 Å². The van der Waals surface area contributed by atoms with Crippen LogP contribution in [0.15, 0.2) is 12.3 Å². The fourth-order valence-corrected chi connectivity index (χ4v) is 1.39. The number of hydrogen-bond acceptors (Lipinski definition) is 2. The number of hydrogen-bond donors (Lipinski definition) is 1. The summed E-state index contributed by atoms with van der Waals surface area (Å²) in [5, 5.41) is 0. The van der Waals surface area contributed by atoms with Crippen molar-refractivity contribution < 1.29 is 4.39 Å². The fourth-order valence-electron chi connectivity index (χ4n) is 1.39. The second-order valence-electron chi connectivity index (χ2n) is 3.26. The maximum Gasteiger partial charge on any atom is 0.213 e. The van der Waals surface area contributed by atoms with Crippen LogP contribution in [0, 0.1) is 12.9 Å². The molecule has 1 rings (SSSR count). The normalized spacial score (nSPS) is 12.9. The molecule has 0 radical (unpaired) electrons. The Morgan fingerprint density at radius 3 is 2.85 bits per heavy atom. The molecule has 13 heavy (non-hydrogen) atoms. The maximum atomic E-state index is 12.6. The van der Waals surface area contributed by atoms with Crippen molar-refractivity contribution in [1.82, 2.24) is 4.98 Å². The molecule has 72 valence electrons. The van der Waals surface area contributed by atoms with E-state index in [1.54, 1.807) is 0 Å². The first-order valence-electron chi connectivity index (χ1n) is 4.52. The highest BCUT2D eigenvalue weighted by atomic mass is 19.1. The van der Waals surface area contributed by atoms with Crippen LogP contribution in [0.3, 0.4) is 0 Å². The van der Waals surface area contributed by atoms with Crippen LogP contribution in [0.5, 0.6) is 0 Å². The van der Waals surface area contributed by atoms with Crippen LogP contribution in [0.25, 0.3) is 0 Å². The first-order valence-corrected chi connectivity index (χ1v) is 4.52. The lowest BCUT2D eigenvalue weighted by atomic mass is 10.0. The van der Waals surface area contributed by atoms with E-state index in [4.69, 9.17) is 5.73 Å². The second kappa shape index (κ2) is 4.33. The first kappa shape index (κ1) is 10.1. The number of rotatable bonds is 3. The summed E-state index contributed by atoms with van der Waals surface area (Å²) in [5.41, 5.74) is 7.72. The summed E-state index contributed by atoms with van der Waals surface area (Å²) in [7, 11) is 0. The van der Waals surface area contributed by atoms with Crippen molar-refractivity contribution in [1.29, 1.82) is 0 Å². The van der Waals surface area contributed by atoms with Crippen LogP contribution >= 0.6 is 0 Å². The molecule has 0 spiro atoms. The lowest BCUT2D eigenvalue weighted by Gasteiger charge is -2.12. The van der Waals surface area contributed by atoms with Gasteiger partial charge in [-0.2, -0.15) is 4.39 Å². The topological polar surface area (TPSA) is 38.9 Å². The number of pyridine rings is 1. The van der Waals surface area contributed by atoms with Crippen LogP contribution in [0.4, 0.5) is 4.39 Å². The SMILES string of the molecule is CCCC(N)c1cnc(F)cc1C. The third-order valence-corrected chi connectivity index (χ3v) is 2.12. The third kappa shape index (κ3) is 2.49. The standard InChI is InChI=1S/C10H15FN2/c1-3-4-9(12)8-6-13-10(11)5-7(8)2/h5-6,9H,3-4,12H2,1-2H3. The van der Waals surface area contributed by atoms with Gasteiger partial charge in [-0.15, -0.1) is 0 Å². The van der Waals surface area contributed by atoms with E-state index >= 15 is 0 Å². The molecule has 0 saturated carbocycles. The van der Waals surface area contributed by atoms with E-state index in [-0.39, 0.29) is 6.04 Å². The Hall–Kier alpha value is -0.960. The first-order chi connectivity index (χ1) is 6.15. The van der Waals surface area contributed by atoms with Crippen molar-refractivity contribution >= 4 is 0 Å². The minimum Gasteiger partial charge on any atom is -0.324 e. The Balaban J connectivity index is 2.88. The van der Waals surface area contributed by atoms with Crippen LogP contribution in [-0.2, 0) is 0 Å². The van der Waals surface area contributed by atoms with Gasteiger partial charge in [0, 0.05) is 12.2 Å². The number of nitrogens with two attached hydrogens (primary N) is 1. The van der Waals surface area contributed by atoms with E-state index in [1.165, 1.54) is 12.3 Å². The summed E-state index contributed by atoms with van der Waals surface area (Å²) in [4.78, 5) is 3.60. The predicted molar refractivity (Wildman–Crippen MR) is 50.8 cm³/mol. The lowest BCUT2D eigenvalue weighted by molar-refractivity contribution is 0.572. The third-order valence-electron chi connectivity index (χ3n) is 2.12. The Kier molecular flexibility index (Phi) is 3.37. The Morgan fingerprint density at radius 1 is 1.62 bits per heavy atom. The smallest absolute Gasteiger partial charge is 0.213 e. The average Bonchev–Trinajstić information content (AvgIpc) is 2.04. The molecule has 2 N–H and O–H groups in total. The minimum atomic E-state index is -0.440. The molecule has 1 atom stereocenters. The van der Waals surface area contributed by atoms with Crippen molar-refractivity contribution in [3.8, 4) is 0 Å². The molecular formula is C10H15FN2. The molecule has 0 aliphatic rings. The molecule has 0 aromatic carbocycles. The van der Waals surface area contributed by atoms with Crippen LogP contribution in [-0.4, -0.2) is 4.98 Å². The van der Waals surface area contributed by atoms with E-state index in [0.29, 0.717) is 0 Å². The van der Waals surface area contributed by atoms with Crippen molar-refractivity contribution in [2.24, 2.45) is 5.73 Å². The fraction of sp³-hybridized carbons (Fsp3) is 0.500. The van der Waals surface area contributed by atoms with Gasteiger partial charge in [-0.1, -0.05) is 13.3 Å². The van der Waals surface area contributed by atoms with Crippen LogP contribution < -0.4 is 5.73 Å². The van der Waals surface area contributed by atoms with E-state index < -0.39 is 5.95 Å². The highest BCUT2D eigenvalue weighted by Gasteiger charge is 2.08. The van der Waals surface area contributed by atoms with Gasteiger partial charge < -0.3 is 5.73 Å². The molecule has 0 saturated heterocycles. The molecule has 1 aromatic heterocycles. The molecule has 0 aliphatic heterocycles. The van der Waals surface area contributed by atoms with Gasteiger partial charge in [-0.3, -0.25) is 0 Å². The van der Waals surface area contributed by atoms with Gasteiger partial charge in [-0.05, 0) is 30.5 Å². The van der Waals surface area contributed by atoms with Crippen molar-refractivity contribution in [3.63, 3.8) is 0 Å². The number of aromatic nitrogens is 1. The largest absolute Gasteiger partial charge is 0.324 e. The molecule has 0 fully saturated rings. The van der Waals surface area contributed by atoms with E-state index in [1.807, 2.05) is 6.92 Å². The summed E-state index contributed by atoms with van der Waals surface area (Å²) in [6.45, 7) is 3.93. The lowest BCUT2D eigenvalue weighted by Crippen LogP contribution is -2.12. The number of aryl methyl sites for hydroxylation is 1. The van der Waals surface area contributed by atoms with E-state index in [9.17, 15) is 4.39 Å². The number of halogens is 1. The van der Waals surface area contributed by atoms with Crippen molar-refractivity contribution in [2.45, 2.75) is 32.7 Å². The van der Waals surface area contributed by atoms with Gasteiger partial charge in [0.15, 0.2) is 0 Å². The quantitative estimate of drug-likeness (QED) is 0.728. The average molecular weight is 182 g/mol. The highest BCUT2D eigenvalue weighted by Crippen LogP contribution is 2.18. The Labute approximate surface area is 78.0 Å². The summed E-state index contributed by atoms with van der Waals surface area (Å²) in [6, 6.07) is 1.41. The van der Waals surface area contributed by atoms with E-state index in [0.717, 1.165) is 24.0 Å². The highest BCUT2D eigenvalue weighted by molar-refractivity contribution is 5.25. The van der Waals surface area contributed by atoms with Gasteiger partial charge in [0.25, 0.3) is 0 Å². The molecule has 0 bridgehead atoms. The zero-order valence-electron chi connectivity index (χ0n) is 8.05. The summed E-state index contributed by atoms with van der Waals surface area (Å²) in [6.07, 6.45) is 3.47. The van der Waals surface area contributed by atoms with Gasteiger partial charge in [0.05, 0.1) is 0 Å². The molecule has 0 aliphatic carbocycles. The summed E-state index contributed by atoms with van der Waals surface area (Å²) < 4.78 is 12.6. The molecule has 2 nitrogen and oxygen atoms in total. The Morgan fingerprint density at radius 2 is 2.31 bits per heavy atom. The van der Waals surface area contributed by atoms with Gasteiger partial charge in [0.1, 0.15) is 0 Å². The number of nitrogens with zero attached hydrogens (tertiary/aromatic N) is 1. The second-order valence-corrected chi connectivity index (χ2v) is 3.26. The predicted octanol–water partition coefficient (Wildman–Crippen LogP) is 2.33. The Bertz CT molecular complexity index is 286. The monoisotopic (exact) mass is 182 g/mol. The molecule has 3 heteroatoms. The van der Waals surface area contributed by atoms with Gasteiger partial charge in [-0.25, -0.2) is 4.98 Å². The van der Waals surface area contributed by atoms with Gasteiger partial charge >= 0.3 is 0 Å². The van der Waals surface area contributed by atoms with Crippen molar-refractivity contribution in [3.05, 3.63) is 29.3 Å². The van der Waals surface area contributed by atoms with Crippen LogP contribution in [0.2, 0.25) is 0 Å². The summed E-state index contributed by atoms with van der Waals surface area (Å²) in [5.74, 6) is -0.440. The maximum absolute atomic E-state index is 12.6. The molecule has 1 heterocycles. The van der Waals surface area contributed by atoms with Gasteiger partial charge in [0.2, 0.25) is 5.95 Å². The minimum absolute atomic E-state index is 0.0156.